The highest BCUT2D eigenvalue weighted by Gasteiger charge is 2.30. The molecule has 0 bridgehead atoms. The van der Waals surface area contributed by atoms with Crippen LogP contribution in [-0.2, 0) is 4.79 Å². The number of hydrogen-bond acceptors (Lipinski definition) is 3. The zero-order valence-electron chi connectivity index (χ0n) is 9.85. The lowest BCUT2D eigenvalue weighted by Crippen LogP contribution is -2.47. The van der Waals surface area contributed by atoms with Gasteiger partial charge in [-0.3, -0.25) is 9.80 Å². The van der Waals surface area contributed by atoms with Crippen molar-refractivity contribution in [2.75, 3.05) is 32.7 Å². The smallest absolute Gasteiger partial charge is 0.328 e. The molecule has 90 valence electrons. The summed E-state index contributed by atoms with van der Waals surface area (Å²) < 4.78 is 0. The predicted octanol–water partition coefficient (Wildman–Crippen LogP) is 0.797. The van der Waals surface area contributed by atoms with Crippen molar-refractivity contribution in [3.05, 3.63) is 11.6 Å². The highest BCUT2D eigenvalue weighted by molar-refractivity contribution is 5.80. The van der Waals surface area contributed by atoms with Crippen molar-refractivity contribution in [3.63, 3.8) is 0 Å². The van der Waals surface area contributed by atoms with Crippen LogP contribution in [0, 0.1) is 0 Å². The van der Waals surface area contributed by atoms with E-state index in [0.717, 1.165) is 44.3 Å². The maximum atomic E-state index is 10.5. The molecular weight excluding hydrogens is 204 g/mol. The third kappa shape index (κ3) is 3.32. The molecule has 0 amide bonds. The normalized spacial score (nSPS) is 24.7. The van der Waals surface area contributed by atoms with Crippen molar-refractivity contribution < 1.29 is 9.90 Å². The van der Waals surface area contributed by atoms with Gasteiger partial charge in [-0.2, -0.15) is 0 Å². The van der Waals surface area contributed by atoms with Crippen LogP contribution < -0.4 is 0 Å². The summed E-state index contributed by atoms with van der Waals surface area (Å²) in [5.74, 6) is -0.839. The second-order valence-electron chi connectivity index (χ2n) is 4.87. The van der Waals surface area contributed by atoms with Crippen LogP contribution in [0.25, 0.3) is 0 Å². The van der Waals surface area contributed by atoms with Crippen LogP contribution >= 0.6 is 0 Å². The van der Waals surface area contributed by atoms with Gasteiger partial charge in [-0.1, -0.05) is 5.57 Å². The van der Waals surface area contributed by atoms with Crippen LogP contribution in [0.5, 0.6) is 0 Å². The molecule has 0 spiro atoms. The monoisotopic (exact) mass is 224 g/mol. The van der Waals surface area contributed by atoms with Crippen LogP contribution in [-0.4, -0.2) is 59.6 Å². The van der Waals surface area contributed by atoms with Gasteiger partial charge < -0.3 is 5.11 Å². The number of aliphatic carboxylic acids is 1. The Morgan fingerprint density at radius 2 is 1.94 bits per heavy atom. The summed E-state index contributed by atoms with van der Waals surface area (Å²) in [7, 11) is 0. The van der Waals surface area contributed by atoms with Gasteiger partial charge in [-0.15, -0.1) is 0 Å². The lowest BCUT2D eigenvalue weighted by Gasteiger charge is -2.34. The number of piperazine rings is 1. The maximum absolute atomic E-state index is 10.5. The number of nitrogens with zero attached hydrogens (tertiary/aromatic N) is 2. The highest BCUT2D eigenvalue weighted by Crippen LogP contribution is 2.27. The Bertz CT molecular complexity index is 289. The largest absolute Gasteiger partial charge is 0.478 e. The first-order valence-electron chi connectivity index (χ1n) is 6.01. The Balaban J connectivity index is 1.74. The Morgan fingerprint density at radius 1 is 1.31 bits per heavy atom. The van der Waals surface area contributed by atoms with E-state index in [1.165, 1.54) is 18.9 Å². The van der Waals surface area contributed by atoms with Crippen LogP contribution in [0.3, 0.4) is 0 Å². The first kappa shape index (κ1) is 11.6. The molecule has 2 fully saturated rings. The van der Waals surface area contributed by atoms with E-state index in [0.29, 0.717) is 0 Å². The predicted molar refractivity (Wildman–Crippen MR) is 62.4 cm³/mol. The fraction of sp³-hybridized carbons (Fsp3) is 0.750. The second-order valence-corrected chi connectivity index (χ2v) is 4.87. The summed E-state index contributed by atoms with van der Waals surface area (Å²) in [5.41, 5.74) is 0.937. The van der Waals surface area contributed by atoms with E-state index in [1.54, 1.807) is 0 Å². The summed E-state index contributed by atoms with van der Waals surface area (Å²) in [6.07, 6.45) is 4.06. The van der Waals surface area contributed by atoms with Crippen molar-refractivity contribution in [2.45, 2.75) is 25.8 Å². The Labute approximate surface area is 96.5 Å². The molecule has 0 aromatic heterocycles. The topological polar surface area (TPSA) is 43.8 Å². The molecule has 0 unspecified atom stereocenters. The van der Waals surface area contributed by atoms with E-state index >= 15 is 0 Å². The molecule has 1 N–H and O–H groups in total. The Hall–Kier alpha value is -0.870. The minimum absolute atomic E-state index is 0.796. The van der Waals surface area contributed by atoms with Gasteiger partial charge in [-0.25, -0.2) is 4.79 Å². The summed E-state index contributed by atoms with van der Waals surface area (Å²) in [4.78, 5) is 15.4. The fourth-order valence-corrected chi connectivity index (χ4v) is 2.34. The van der Waals surface area contributed by atoms with Crippen molar-refractivity contribution in [1.82, 2.24) is 9.80 Å². The number of carbonyl (C=O) groups is 1. The van der Waals surface area contributed by atoms with Gasteiger partial charge in [0.1, 0.15) is 0 Å². The van der Waals surface area contributed by atoms with Crippen molar-refractivity contribution in [1.29, 1.82) is 0 Å². The van der Waals surface area contributed by atoms with E-state index in [4.69, 9.17) is 5.11 Å². The lowest BCUT2D eigenvalue weighted by atomic mass is 10.2. The molecule has 4 heteroatoms. The number of carboxylic acid groups (broad SMARTS) is 1. The maximum Gasteiger partial charge on any atom is 0.328 e. The van der Waals surface area contributed by atoms with Gasteiger partial charge in [0.2, 0.25) is 0 Å². The molecule has 1 saturated heterocycles. The highest BCUT2D eigenvalue weighted by atomic mass is 16.4. The summed E-state index contributed by atoms with van der Waals surface area (Å²) in [6.45, 7) is 7.12. The molecule has 0 aromatic rings. The zero-order chi connectivity index (χ0) is 11.5. The molecule has 0 radical (unpaired) electrons. The SMILES string of the molecule is CC(=CC(=O)O)CN1CCN(C2CC2)CC1. The van der Waals surface area contributed by atoms with E-state index < -0.39 is 5.97 Å². The Morgan fingerprint density at radius 3 is 2.44 bits per heavy atom. The lowest BCUT2D eigenvalue weighted by molar-refractivity contribution is -0.131. The molecule has 0 aromatic carbocycles. The Kier molecular flexibility index (Phi) is 3.61. The fourth-order valence-electron chi connectivity index (χ4n) is 2.34. The molecule has 2 aliphatic rings. The van der Waals surface area contributed by atoms with Crippen LogP contribution in [0.15, 0.2) is 11.6 Å². The van der Waals surface area contributed by atoms with Crippen LogP contribution in [0.1, 0.15) is 19.8 Å². The van der Waals surface area contributed by atoms with Gasteiger partial charge in [0, 0.05) is 44.8 Å². The van der Waals surface area contributed by atoms with Gasteiger partial charge >= 0.3 is 5.97 Å². The van der Waals surface area contributed by atoms with Gasteiger partial charge in [-0.05, 0) is 19.8 Å². The molecule has 1 aliphatic heterocycles. The minimum atomic E-state index is -0.839. The molecule has 0 atom stereocenters. The molecule has 1 aliphatic carbocycles. The first-order valence-corrected chi connectivity index (χ1v) is 6.01. The van der Waals surface area contributed by atoms with Crippen molar-refractivity contribution in [2.24, 2.45) is 0 Å². The minimum Gasteiger partial charge on any atom is -0.478 e. The van der Waals surface area contributed by atoms with Crippen molar-refractivity contribution in [3.8, 4) is 0 Å². The zero-order valence-corrected chi connectivity index (χ0v) is 9.85. The molecular formula is C12H20N2O2. The summed E-state index contributed by atoms with van der Waals surface area (Å²) in [5, 5.41) is 8.63. The van der Waals surface area contributed by atoms with Crippen molar-refractivity contribution >= 4 is 5.97 Å². The van der Waals surface area contributed by atoms with Gasteiger partial charge in [0.05, 0.1) is 0 Å². The molecule has 4 nitrogen and oxygen atoms in total. The molecule has 2 rings (SSSR count). The van der Waals surface area contributed by atoms with Gasteiger partial charge in [0.15, 0.2) is 0 Å². The molecule has 1 saturated carbocycles. The first-order chi connectivity index (χ1) is 7.65. The van der Waals surface area contributed by atoms with Crippen LogP contribution in [0.2, 0.25) is 0 Å². The number of carboxylic acids is 1. The average molecular weight is 224 g/mol. The quantitative estimate of drug-likeness (QED) is 0.717. The van der Waals surface area contributed by atoms with E-state index in [1.807, 2.05) is 6.92 Å². The summed E-state index contributed by atoms with van der Waals surface area (Å²) >= 11 is 0. The summed E-state index contributed by atoms with van der Waals surface area (Å²) in [6, 6.07) is 0.859. The third-order valence-electron chi connectivity index (χ3n) is 3.31. The third-order valence-corrected chi connectivity index (χ3v) is 3.31. The molecule has 16 heavy (non-hydrogen) atoms. The standard InChI is InChI=1S/C12H20N2O2/c1-10(8-12(15)16)9-13-4-6-14(7-5-13)11-2-3-11/h8,11H,2-7,9H2,1H3,(H,15,16). The average Bonchev–Trinajstić information content (AvgIpc) is 3.00. The molecule has 1 heterocycles. The number of rotatable bonds is 4. The van der Waals surface area contributed by atoms with Crippen LogP contribution in [0.4, 0.5) is 0 Å². The van der Waals surface area contributed by atoms with E-state index in [2.05, 4.69) is 9.80 Å². The second kappa shape index (κ2) is 4.97. The number of hydrogen-bond donors (Lipinski definition) is 1. The van der Waals surface area contributed by atoms with E-state index in [-0.39, 0.29) is 0 Å². The van der Waals surface area contributed by atoms with E-state index in [9.17, 15) is 4.79 Å². The van der Waals surface area contributed by atoms with Gasteiger partial charge in [0.25, 0.3) is 0 Å².